The van der Waals surface area contributed by atoms with Crippen molar-refractivity contribution in [2.75, 3.05) is 0 Å². The summed E-state index contributed by atoms with van der Waals surface area (Å²) < 4.78 is 0. The van der Waals surface area contributed by atoms with Gasteiger partial charge in [-0.3, -0.25) is 0 Å². The van der Waals surface area contributed by atoms with Gasteiger partial charge < -0.3 is 5.11 Å². The van der Waals surface area contributed by atoms with E-state index in [4.69, 9.17) is 0 Å². The van der Waals surface area contributed by atoms with Crippen LogP contribution in [0.15, 0.2) is 0 Å². The molecule has 0 aromatic carbocycles. The summed E-state index contributed by atoms with van der Waals surface area (Å²) in [6.45, 7) is 9.98. The Bertz CT molecular complexity index is 102. The molecule has 0 spiro atoms. The van der Waals surface area contributed by atoms with E-state index in [1.165, 1.54) is 0 Å². The zero-order chi connectivity index (χ0) is 8.41. The average Bonchev–Trinajstić information content (AvgIpc) is 1.60. The van der Waals surface area contributed by atoms with E-state index in [1.807, 2.05) is 20.7 Å². The minimum absolute atomic E-state index is 0.151. The van der Waals surface area contributed by atoms with Gasteiger partial charge >= 0.3 is 0 Å². The van der Waals surface area contributed by atoms with Gasteiger partial charge in [0.25, 0.3) is 0 Å². The summed E-state index contributed by atoms with van der Waals surface area (Å²) in [5, 5.41) is 9.62. The molecule has 0 amide bonds. The lowest BCUT2D eigenvalue weighted by atomic mass is 9.53. The van der Waals surface area contributed by atoms with Gasteiger partial charge in [-0.1, -0.05) is 26.0 Å². The summed E-state index contributed by atoms with van der Waals surface area (Å²) in [5.41, 5.74) is -0.546. The molecule has 0 atom stereocenters. The van der Waals surface area contributed by atoms with Crippen LogP contribution in [0.1, 0.15) is 34.1 Å². The van der Waals surface area contributed by atoms with Crippen molar-refractivity contribution >= 4 is 7.28 Å². The van der Waals surface area contributed by atoms with E-state index < -0.39 is 5.60 Å². The van der Waals surface area contributed by atoms with Crippen LogP contribution in [0.2, 0.25) is 12.1 Å². The lowest BCUT2D eigenvalue weighted by Gasteiger charge is -2.29. The Labute approximate surface area is 65.1 Å². The van der Waals surface area contributed by atoms with Crippen LogP contribution in [0.3, 0.4) is 0 Å². The first-order valence-corrected chi connectivity index (χ1v) is 3.80. The first-order chi connectivity index (χ1) is 4.27. The van der Waals surface area contributed by atoms with Gasteiger partial charge in [0.1, 0.15) is 7.28 Å². The molecule has 0 fully saturated rings. The molecule has 0 aliphatic heterocycles. The summed E-state index contributed by atoms with van der Waals surface area (Å²) in [5.74, 6) is 0. The quantitative estimate of drug-likeness (QED) is 0.596. The van der Waals surface area contributed by atoms with E-state index in [0.29, 0.717) is 0 Å². The van der Waals surface area contributed by atoms with E-state index >= 15 is 0 Å². The molecule has 10 heavy (non-hydrogen) atoms. The molecule has 0 rings (SSSR count). The maximum atomic E-state index is 9.46. The molecule has 59 valence electrons. The number of hydrogen-bond acceptors (Lipinski definition) is 1. The molecule has 0 aromatic heterocycles. The SMILES string of the molecule is C[B]C(C)(C)CC(C)(C)O. The summed E-state index contributed by atoms with van der Waals surface area (Å²) >= 11 is 0. The first kappa shape index (κ1) is 10.0. The van der Waals surface area contributed by atoms with Crippen molar-refractivity contribution in [3.8, 4) is 0 Å². The highest BCUT2D eigenvalue weighted by atomic mass is 16.3. The zero-order valence-electron chi connectivity index (χ0n) is 7.73. The van der Waals surface area contributed by atoms with Crippen LogP contribution >= 0.6 is 0 Å². The van der Waals surface area contributed by atoms with Crippen LogP contribution in [0.4, 0.5) is 0 Å². The molecule has 0 unspecified atom stereocenters. The summed E-state index contributed by atoms with van der Waals surface area (Å²) in [6, 6.07) is 0. The van der Waals surface area contributed by atoms with E-state index in [0.717, 1.165) is 6.42 Å². The van der Waals surface area contributed by atoms with Crippen LogP contribution in [-0.4, -0.2) is 18.0 Å². The Hall–Kier alpha value is 0.0249. The highest BCUT2D eigenvalue weighted by Gasteiger charge is 2.25. The molecule has 2 heteroatoms. The van der Waals surface area contributed by atoms with Crippen LogP contribution in [0, 0.1) is 0 Å². The number of rotatable bonds is 3. The van der Waals surface area contributed by atoms with Gasteiger partial charge in [-0.25, -0.2) is 0 Å². The second kappa shape index (κ2) is 2.95. The highest BCUT2D eigenvalue weighted by molar-refractivity contribution is 6.37. The van der Waals surface area contributed by atoms with Crippen LogP contribution < -0.4 is 0 Å². The molecular formula is C8H18BO. The Morgan fingerprint density at radius 3 is 1.70 bits per heavy atom. The van der Waals surface area contributed by atoms with Gasteiger partial charge in [0.2, 0.25) is 0 Å². The van der Waals surface area contributed by atoms with Crippen molar-refractivity contribution in [1.29, 1.82) is 0 Å². The van der Waals surface area contributed by atoms with Crippen molar-refractivity contribution in [3.63, 3.8) is 0 Å². The fourth-order valence-electron chi connectivity index (χ4n) is 1.22. The van der Waals surface area contributed by atoms with E-state index in [1.54, 1.807) is 0 Å². The minimum Gasteiger partial charge on any atom is -0.390 e. The number of aliphatic hydroxyl groups is 1. The molecule has 1 nitrogen and oxygen atoms in total. The molecule has 1 N–H and O–H groups in total. The standard InChI is InChI=1S/C8H18BO/c1-7(2,9-5)6-8(3,4)10/h10H,6H2,1-5H3. The third-order valence-electron chi connectivity index (χ3n) is 1.67. The van der Waals surface area contributed by atoms with Crippen molar-refractivity contribution in [2.24, 2.45) is 0 Å². The normalized spacial score (nSPS) is 13.4. The van der Waals surface area contributed by atoms with Crippen molar-refractivity contribution in [1.82, 2.24) is 0 Å². The van der Waals surface area contributed by atoms with Gasteiger partial charge in [-0.2, -0.15) is 0 Å². The molecule has 0 bridgehead atoms. The maximum Gasteiger partial charge on any atom is 0.113 e. The van der Waals surface area contributed by atoms with Gasteiger partial charge in [-0.15, -0.1) is 0 Å². The summed E-state index contributed by atoms with van der Waals surface area (Å²) in [6.07, 6.45) is 0.816. The molecular weight excluding hydrogens is 123 g/mol. The predicted molar refractivity (Wildman–Crippen MR) is 46.6 cm³/mol. The fourth-order valence-corrected chi connectivity index (χ4v) is 1.22. The smallest absolute Gasteiger partial charge is 0.113 e. The van der Waals surface area contributed by atoms with Gasteiger partial charge in [-0.05, 0) is 20.3 Å². The third kappa shape index (κ3) is 4.86. The Morgan fingerprint density at radius 1 is 1.20 bits per heavy atom. The Balaban J connectivity index is 3.89. The predicted octanol–water partition coefficient (Wildman–Crippen LogP) is 2.10. The van der Waals surface area contributed by atoms with E-state index in [2.05, 4.69) is 21.1 Å². The van der Waals surface area contributed by atoms with Crippen molar-refractivity contribution in [3.05, 3.63) is 0 Å². The Kier molecular flexibility index (Phi) is 2.96. The largest absolute Gasteiger partial charge is 0.390 e. The molecule has 0 aromatic rings. The summed E-state index contributed by atoms with van der Waals surface area (Å²) in [4.78, 5) is 0. The van der Waals surface area contributed by atoms with Gasteiger partial charge in [0.05, 0.1) is 5.60 Å². The lowest BCUT2D eigenvalue weighted by molar-refractivity contribution is 0.0604. The topological polar surface area (TPSA) is 20.2 Å². The van der Waals surface area contributed by atoms with Gasteiger partial charge in [0.15, 0.2) is 0 Å². The Morgan fingerprint density at radius 2 is 1.60 bits per heavy atom. The molecule has 0 aliphatic rings. The first-order valence-electron chi connectivity index (χ1n) is 3.80. The second-order valence-corrected chi connectivity index (χ2v) is 4.27. The van der Waals surface area contributed by atoms with Crippen LogP contribution in [0.5, 0.6) is 0 Å². The van der Waals surface area contributed by atoms with Crippen LogP contribution in [0.25, 0.3) is 0 Å². The van der Waals surface area contributed by atoms with Gasteiger partial charge in [0, 0.05) is 0 Å². The lowest BCUT2D eigenvalue weighted by Crippen LogP contribution is -2.26. The summed E-state index contributed by atoms with van der Waals surface area (Å²) in [7, 11) is 2.13. The second-order valence-electron chi connectivity index (χ2n) is 4.27. The number of hydrogen-bond donors (Lipinski definition) is 1. The average molecular weight is 141 g/mol. The molecule has 0 heterocycles. The molecule has 1 radical (unpaired) electrons. The maximum absolute atomic E-state index is 9.46. The highest BCUT2D eigenvalue weighted by Crippen LogP contribution is 2.32. The third-order valence-corrected chi connectivity index (χ3v) is 1.67. The minimum atomic E-state index is -0.546. The fraction of sp³-hybridized carbons (Fsp3) is 1.00. The van der Waals surface area contributed by atoms with E-state index in [9.17, 15) is 5.11 Å². The van der Waals surface area contributed by atoms with E-state index in [-0.39, 0.29) is 5.31 Å². The monoisotopic (exact) mass is 141 g/mol. The molecule has 0 aliphatic carbocycles. The van der Waals surface area contributed by atoms with Crippen LogP contribution in [-0.2, 0) is 0 Å². The molecule has 0 saturated carbocycles. The molecule has 0 saturated heterocycles. The zero-order valence-corrected chi connectivity index (χ0v) is 7.73. The van der Waals surface area contributed by atoms with Crippen molar-refractivity contribution < 1.29 is 5.11 Å². The van der Waals surface area contributed by atoms with Crippen molar-refractivity contribution in [2.45, 2.75) is 51.9 Å².